The minimum Gasteiger partial charge on any atom is -0.465 e. The molecule has 11 heavy (non-hydrogen) atoms. The van der Waals surface area contributed by atoms with Gasteiger partial charge < -0.3 is 10.8 Å². The molecule has 0 heterocycles. The smallest absolute Gasteiger partial charge is 0.402 e. The summed E-state index contributed by atoms with van der Waals surface area (Å²) in [5.41, 5.74) is 7.16. The summed E-state index contributed by atoms with van der Waals surface area (Å²) >= 11 is 0. The van der Waals surface area contributed by atoms with E-state index < -0.39 is 6.09 Å². The van der Waals surface area contributed by atoms with E-state index in [2.05, 4.69) is 18.1 Å². The highest BCUT2D eigenvalue weighted by atomic mass is 16.4. The van der Waals surface area contributed by atoms with Gasteiger partial charge in [0.25, 0.3) is 0 Å². The summed E-state index contributed by atoms with van der Waals surface area (Å²) < 4.78 is 0. The monoisotopic (exact) mass is 163 g/mol. The van der Waals surface area contributed by atoms with Crippen LogP contribution in [0.25, 0.3) is 0 Å². The van der Waals surface area contributed by atoms with Crippen LogP contribution in [0.5, 0.6) is 0 Å². The van der Waals surface area contributed by atoms with E-state index in [0.29, 0.717) is 0 Å². The predicted octanol–water partition coefficient (Wildman–Crippen LogP) is 0.0857. The first-order valence-corrected chi connectivity index (χ1v) is 3.40. The highest BCUT2D eigenvalue weighted by Crippen LogP contribution is 1.68. The number of nitrogens with zero attached hydrogens (tertiary/aromatic N) is 1. The van der Waals surface area contributed by atoms with E-state index in [-0.39, 0.29) is 0 Å². The number of amides is 1. The van der Waals surface area contributed by atoms with Crippen LogP contribution in [-0.2, 0) is 0 Å². The SMILES string of the molecule is CCCNN(C)C.NC(=O)O. The van der Waals surface area contributed by atoms with Crippen molar-refractivity contribution in [3.05, 3.63) is 0 Å². The fraction of sp³-hybridized carbons (Fsp3) is 0.833. The molecule has 0 aliphatic rings. The third-order valence-corrected chi connectivity index (χ3v) is 0.678. The Balaban J connectivity index is 0. The van der Waals surface area contributed by atoms with Crippen LogP contribution in [0.2, 0.25) is 0 Å². The Bertz CT molecular complexity index is 91.8. The molecule has 0 spiro atoms. The maximum absolute atomic E-state index is 8.78. The third kappa shape index (κ3) is 46.7. The first-order valence-electron chi connectivity index (χ1n) is 3.40. The number of carboxylic acid groups (broad SMARTS) is 1. The molecule has 4 N–H and O–H groups in total. The van der Waals surface area contributed by atoms with Gasteiger partial charge >= 0.3 is 6.09 Å². The molecule has 0 radical (unpaired) electrons. The normalized spacial score (nSPS) is 8.73. The van der Waals surface area contributed by atoms with Crippen LogP contribution in [0.15, 0.2) is 0 Å². The molecule has 1 amide bonds. The van der Waals surface area contributed by atoms with Gasteiger partial charge in [-0.15, -0.1) is 0 Å². The molecule has 0 aliphatic heterocycles. The lowest BCUT2D eigenvalue weighted by Gasteiger charge is -2.08. The van der Waals surface area contributed by atoms with Crippen molar-refractivity contribution in [1.82, 2.24) is 10.4 Å². The van der Waals surface area contributed by atoms with Crippen molar-refractivity contribution < 1.29 is 9.90 Å². The van der Waals surface area contributed by atoms with E-state index in [1.54, 1.807) is 0 Å². The lowest BCUT2D eigenvalue weighted by Crippen LogP contribution is -2.30. The Labute approximate surface area is 67.1 Å². The van der Waals surface area contributed by atoms with Gasteiger partial charge in [0.05, 0.1) is 0 Å². The molecule has 0 aromatic heterocycles. The predicted molar refractivity (Wildman–Crippen MR) is 44.2 cm³/mol. The standard InChI is InChI=1S/C5H14N2.CH3NO2/c1-4-5-6-7(2)3;2-1(3)4/h6H,4-5H2,1-3H3;2H2,(H,3,4). The van der Waals surface area contributed by atoms with Crippen molar-refractivity contribution in [3.8, 4) is 0 Å². The number of primary amides is 1. The Kier molecular flexibility index (Phi) is 10.7. The van der Waals surface area contributed by atoms with Gasteiger partial charge in [-0.05, 0) is 6.42 Å². The van der Waals surface area contributed by atoms with Crippen LogP contribution in [0.4, 0.5) is 4.79 Å². The van der Waals surface area contributed by atoms with Gasteiger partial charge in [-0.3, -0.25) is 10.4 Å². The quantitative estimate of drug-likeness (QED) is 0.515. The van der Waals surface area contributed by atoms with E-state index in [1.165, 1.54) is 6.42 Å². The molecular weight excluding hydrogens is 146 g/mol. The van der Waals surface area contributed by atoms with E-state index in [1.807, 2.05) is 19.1 Å². The molecule has 0 unspecified atom stereocenters. The summed E-state index contributed by atoms with van der Waals surface area (Å²) in [6, 6.07) is 0. The molecule has 68 valence electrons. The Morgan fingerprint density at radius 3 is 2.09 bits per heavy atom. The van der Waals surface area contributed by atoms with E-state index >= 15 is 0 Å². The minimum atomic E-state index is -1.33. The van der Waals surface area contributed by atoms with Crippen LogP contribution >= 0.6 is 0 Å². The van der Waals surface area contributed by atoms with Gasteiger partial charge in [0.1, 0.15) is 0 Å². The zero-order chi connectivity index (χ0) is 9.28. The van der Waals surface area contributed by atoms with Gasteiger partial charge in [-0.1, -0.05) is 6.92 Å². The van der Waals surface area contributed by atoms with Crippen LogP contribution in [0.1, 0.15) is 13.3 Å². The molecule has 0 fully saturated rings. The van der Waals surface area contributed by atoms with E-state index in [9.17, 15) is 0 Å². The largest absolute Gasteiger partial charge is 0.465 e. The van der Waals surface area contributed by atoms with Crippen LogP contribution in [0.3, 0.4) is 0 Å². The highest BCUT2D eigenvalue weighted by Gasteiger charge is 1.80. The third-order valence-electron chi connectivity index (χ3n) is 0.678. The minimum absolute atomic E-state index is 1.08. The molecule has 0 aromatic carbocycles. The van der Waals surface area contributed by atoms with E-state index in [0.717, 1.165) is 6.54 Å². The zero-order valence-corrected chi connectivity index (χ0v) is 7.29. The van der Waals surface area contributed by atoms with Crippen LogP contribution in [0, 0.1) is 0 Å². The Morgan fingerprint density at radius 2 is 2.00 bits per heavy atom. The van der Waals surface area contributed by atoms with Gasteiger partial charge in [0.2, 0.25) is 0 Å². The van der Waals surface area contributed by atoms with Crippen molar-refractivity contribution in [1.29, 1.82) is 0 Å². The Morgan fingerprint density at radius 1 is 1.64 bits per heavy atom. The number of hydrogen-bond acceptors (Lipinski definition) is 3. The second-order valence-electron chi connectivity index (χ2n) is 2.14. The molecule has 0 aliphatic carbocycles. The summed E-state index contributed by atoms with van der Waals surface area (Å²) in [5.74, 6) is 0. The summed E-state index contributed by atoms with van der Waals surface area (Å²) in [6.07, 6.45) is -0.141. The van der Waals surface area contributed by atoms with Crippen molar-refractivity contribution in [2.24, 2.45) is 5.73 Å². The maximum Gasteiger partial charge on any atom is 0.402 e. The van der Waals surface area contributed by atoms with Crippen molar-refractivity contribution in [2.75, 3.05) is 20.6 Å². The second-order valence-corrected chi connectivity index (χ2v) is 2.14. The fourth-order valence-electron chi connectivity index (χ4n) is 0.335. The van der Waals surface area contributed by atoms with Crippen molar-refractivity contribution >= 4 is 6.09 Å². The van der Waals surface area contributed by atoms with Gasteiger partial charge in [-0.25, -0.2) is 4.79 Å². The number of nitrogens with two attached hydrogens (primary N) is 1. The summed E-state index contributed by atoms with van der Waals surface area (Å²) in [5, 5.41) is 9.16. The zero-order valence-electron chi connectivity index (χ0n) is 7.29. The molecule has 0 aromatic rings. The van der Waals surface area contributed by atoms with Crippen molar-refractivity contribution in [3.63, 3.8) is 0 Å². The lowest BCUT2D eigenvalue weighted by atomic mass is 10.5. The molecular formula is C6H17N3O2. The van der Waals surface area contributed by atoms with Gasteiger partial charge in [0, 0.05) is 20.6 Å². The number of nitrogens with one attached hydrogen (secondary N) is 1. The van der Waals surface area contributed by atoms with E-state index in [4.69, 9.17) is 9.90 Å². The maximum atomic E-state index is 8.78. The summed E-state index contributed by atoms with van der Waals surface area (Å²) in [7, 11) is 3.99. The van der Waals surface area contributed by atoms with Crippen LogP contribution in [-0.4, -0.2) is 36.8 Å². The number of carbonyl (C=O) groups is 1. The summed E-state index contributed by atoms with van der Waals surface area (Å²) in [6.45, 7) is 3.23. The lowest BCUT2D eigenvalue weighted by molar-refractivity contribution is 0.205. The first-order chi connectivity index (χ1) is 5.00. The highest BCUT2D eigenvalue weighted by molar-refractivity contribution is 5.61. The fourth-order valence-corrected chi connectivity index (χ4v) is 0.335. The van der Waals surface area contributed by atoms with Gasteiger partial charge in [-0.2, -0.15) is 0 Å². The van der Waals surface area contributed by atoms with Crippen molar-refractivity contribution in [2.45, 2.75) is 13.3 Å². The molecule has 0 rings (SSSR count). The molecule has 0 saturated heterocycles. The topological polar surface area (TPSA) is 78.6 Å². The molecule has 0 saturated carbocycles. The molecule has 5 nitrogen and oxygen atoms in total. The van der Waals surface area contributed by atoms with Gasteiger partial charge in [0.15, 0.2) is 0 Å². The average Bonchev–Trinajstić information content (AvgIpc) is 1.82. The van der Waals surface area contributed by atoms with Crippen LogP contribution < -0.4 is 11.2 Å². The number of rotatable bonds is 3. The number of hydrazine groups is 1. The molecule has 0 atom stereocenters. The Hall–Kier alpha value is -0.810. The molecule has 0 bridgehead atoms. The first kappa shape index (κ1) is 12.8. The second kappa shape index (κ2) is 9.19. The average molecular weight is 163 g/mol. The number of hydrogen-bond donors (Lipinski definition) is 3. The summed E-state index contributed by atoms with van der Waals surface area (Å²) in [4.78, 5) is 8.78. The molecule has 5 heteroatoms.